The Morgan fingerprint density at radius 2 is 2.14 bits per heavy atom. The lowest BCUT2D eigenvalue weighted by Gasteiger charge is -2.33. The van der Waals surface area contributed by atoms with E-state index in [0.29, 0.717) is 11.5 Å². The molecule has 0 aromatic carbocycles. The summed E-state index contributed by atoms with van der Waals surface area (Å²) in [6.07, 6.45) is 1.58. The number of hydrogen-bond donors (Lipinski definition) is 2. The van der Waals surface area contributed by atoms with Gasteiger partial charge in [-0.15, -0.1) is 0 Å². The highest BCUT2D eigenvalue weighted by Gasteiger charge is 2.18. The maximum Gasteiger partial charge on any atom is 0.150 e. The first kappa shape index (κ1) is 9.14. The third-order valence-corrected chi connectivity index (χ3v) is 2.48. The molecule has 1 aliphatic rings. The minimum Gasteiger partial charge on any atom is -0.353 e. The Kier molecular flexibility index (Phi) is 2.45. The number of likely N-dealkylation sites (N-methyl/N-ethyl adjacent to an activating group) is 1. The monoisotopic (exact) mass is 194 g/mol. The fourth-order valence-electron chi connectivity index (χ4n) is 1.51. The minimum absolute atomic E-state index is 0.465. The Labute approximate surface area is 82.4 Å². The molecule has 6 nitrogen and oxygen atoms in total. The molecule has 1 fully saturated rings. The lowest BCUT2D eigenvalue weighted by Crippen LogP contribution is -2.47. The summed E-state index contributed by atoms with van der Waals surface area (Å²) >= 11 is 0. The number of H-pyrrole nitrogens is 1. The van der Waals surface area contributed by atoms with Gasteiger partial charge in [-0.1, -0.05) is 0 Å². The highest BCUT2D eigenvalue weighted by Crippen LogP contribution is 2.03. The van der Waals surface area contributed by atoms with Crippen LogP contribution < -0.4 is 0 Å². The van der Waals surface area contributed by atoms with Crippen molar-refractivity contribution in [1.29, 1.82) is 5.41 Å². The maximum atomic E-state index is 7.89. The number of amidine groups is 1. The fourth-order valence-corrected chi connectivity index (χ4v) is 1.51. The topological polar surface area (TPSA) is 71.9 Å². The van der Waals surface area contributed by atoms with Crippen LogP contribution in [0.5, 0.6) is 0 Å². The third-order valence-electron chi connectivity index (χ3n) is 2.48. The van der Waals surface area contributed by atoms with E-state index in [4.69, 9.17) is 5.41 Å². The van der Waals surface area contributed by atoms with Gasteiger partial charge in [0.25, 0.3) is 0 Å². The third kappa shape index (κ3) is 1.74. The minimum atomic E-state index is 0.465. The van der Waals surface area contributed by atoms with E-state index in [1.165, 1.54) is 0 Å². The molecular weight excluding hydrogens is 180 g/mol. The molecule has 1 aliphatic heterocycles. The zero-order valence-electron chi connectivity index (χ0n) is 8.19. The molecule has 6 heteroatoms. The average molecular weight is 194 g/mol. The van der Waals surface area contributed by atoms with Crippen molar-refractivity contribution in [3.8, 4) is 0 Å². The maximum absolute atomic E-state index is 7.89. The molecule has 1 saturated heterocycles. The summed E-state index contributed by atoms with van der Waals surface area (Å²) in [6.45, 7) is 3.78. The van der Waals surface area contributed by atoms with Crippen molar-refractivity contribution in [2.24, 2.45) is 0 Å². The molecule has 0 spiro atoms. The SMILES string of the molecule is CN1CCN(C(=N)c2cn[nH]n2)CC1. The summed E-state index contributed by atoms with van der Waals surface area (Å²) in [5.74, 6) is 0.465. The standard InChI is InChI=1S/C8H14N6/c1-13-2-4-14(5-3-13)8(9)7-6-10-12-11-7/h6,9H,2-5H2,1H3,(H,10,11,12). The number of aromatic nitrogens is 3. The number of nitrogens with zero attached hydrogens (tertiary/aromatic N) is 4. The van der Waals surface area contributed by atoms with Crippen molar-refractivity contribution in [2.75, 3.05) is 33.2 Å². The predicted octanol–water partition coefficient (Wildman–Crippen LogP) is -0.623. The highest BCUT2D eigenvalue weighted by atomic mass is 15.3. The van der Waals surface area contributed by atoms with Crippen molar-refractivity contribution in [1.82, 2.24) is 25.2 Å². The highest BCUT2D eigenvalue weighted by molar-refractivity contribution is 5.94. The van der Waals surface area contributed by atoms with E-state index < -0.39 is 0 Å². The lowest BCUT2D eigenvalue weighted by molar-refractivity contribution is 0.215. The smallest absolute Gasteiger partial charge is 0.150 e. The summed E-state index contributed by atoms with van der Waals surface area (Å²) in [5.41, 5.74) is 0.620. The molecule has 0 aliphatic carbocycles. The molecule has 0 atom stereocenters. The van der Waals surface area contributed by atoms with Crippen LogP contribution in [0, 0.1) is 5.41 Å². The molecule has 1 aromatic heterocycles. The zero-order valence-corrected chi connectivity index (χ0v) is 8.19. The molecular formula is C8H14N6. The van der Waals surface area contributed by atoms with Gasteiger partial charge >= 0.3 is 0 Å². The van der Waals surface area contributed by atoms with Crippen LogP contribution >= 0.6 is 0 Å². The van der Waals surface area contributed by atoms with E-state index in [1.54, 1.807) is 6.20 Å². The van der Waals surface area contributed by atoms with Gasteiger partial charge in [-0.25, -0.2) is 0 Å². The van der Waals surface area contributed by atoms with Crippen LogP contribution in [-0.2, 0) is 0 Å². The van der Waals surface area contributed by atoms with E-state index in [9.17, 15) is 0 Å². The Morgan fingerprint density at radius 1 is 1.43 bits per heavy atom. The molecule has 2 rings (SSSR count). The van der Waals surface area contributed by atoms with Gasteiger partial charge in [0.2, 0.25) is 0 Å². The summed E-state index contributed by atoms with van der Waals surface area (Å²) in [5, 5.41) is 18.0. The number of rotatable bonds is 1. The van der Waals surface area contributed by atoms with Crippen molar-refractivity contribution >= 4 is 5.84 Å². The number of nitrogens with one attached hydrogen (secondary N) is 2. The molecule has 0 saturated carbocycles. The van der Waals surface area contributed by atoms with Gasteiger partial charge in [0.15, 0.2) is 5.84 Å². The quantitative estimate of drug-likeness (QED) is 0.461. The predicted molar refractivity (Wildman–Crippen MR) is 52.3 cm³/mol. The first-order chi connectivity index (χ1) is 6.77. The van der Waals surface area contributed by atoms with Gasteiger partial charge in [-0.3, -0.25) is 5.41 Å². The fraction of sp³-hybridized carbons (Fsp3) is 0.625. The molecule has 1 aromatic rings. The largest absolute Gasteiger partial charge is 0.353 e. The van der Waals surface area contributed by atoms with E-state index >= 15 is 0 Å². The summed E-state index contributed by atoms with van der Waals surface area (Å²) in [7, 11) is 2.09. The van der Waals surface area contributed by atoms with Crippen LogP contribution in [0.2, 0.25) is 0 Å². The lowest BCUT2D eigenvalue weighted by atomic mass is 10.3. The van der Waals surface area contributed by atoms with Gasteiger partial charge in [0, 0.05) is 26.2 Å². The van der Waals surface area contributed by atoms with E-state index in [2.05, 4.69) is 27.4 Å². The van der Waals surface area contributed by atoms with Gasteiger partial charge in [0.1, 0.15) is 5.69 Å². The zero-order chi connectivity index (χ0) is 9.97. The number of hydrogen-bond acceptors (Lipinski definition) is 4. The van der Waals surface area contributed by atoms with E-state index in [0.717, 1.165) is 26.2 Å². The molecule has 0 radical (unpaired) electrons. The molecule has 14 heavy (non-hydrogen) atoms. The van der Waals surface area contributed by atoms with E-state index in [-0.39, 0.29) is 0 Å². The second kappa shape index (κ2) is 3.75. The van der Waals surface area contributed by atoms with Gasteiger partial charge in [0.05, 0.1) is 6.20 Å². The van der Waals surface area contributed by atoms with Crippen LogP contribution in [0.4, 0.5) is 0 Å². The Morgan fingerprint density at radius 3 is 2.71 bits per heavy atom. The normalized spacial score (nSPS) is 18.5. The van der Waals surface area contributed by atoms with Crippen LogP contribution in [-0.4, -0.2) is 64.3 Å². The second-order valence-electron chi connectivity index (χ2n) is 3.49. The first-order valence-electron chi connectivity index (χ1n) is 4.65. The Hall–Kier alpha value is -1.43. The number of piperazine rings is 1. The molecule has 2 heterocycles. The van der Waals surface area contributed by atoms with Gasteiger partial charge in [-0.05, 0) is 7.05 Å². The molecule has 0 bridgehead atoms. The Bertz CT molecular complexity index is 298. The van der Waals surface area contributed by atoms with Crippen molar-refractivity contribution in [2.45, 2.75) is 0 Å². The van der Waals surface area contributed by atoms with Gasteiger partial charge in [-0.2, -0.15) is 15.4 Å². The second-order valence-corrected chi connectivity index (χ2v) is 3.49. The molecule has 2 N–H and O–H groups in total. The van der Waals surface area contributed by atoms with Crippen LogP contribution in [0.1, 0.15) is 5.69 Å². The molecule has 76 valence electrons. The van der Waals surface area contributed by atoms with E-state index in [1.807, 2.05) is 4.90 Å². The van der Waals surface area contributed by atoms with Crippen molar-refractivity contribution in [3.05, 3.63) is 11.9 Å². The van der Waals surface area contributed by atoms with Crippen LogP contribution in [0.25, 0.3) is 0 Å². The first-order valence-corrected chi connectivity index (χ1v) is 4.65. The summed E-state index contributed by atoms with van der Waals surface area (Å²) in [4.78, 5) is 4.28. The van der Waals surface area contributed by atoms with Crippen LogP contribution in [0.3, 0.4) is 0 Å². The van der Waals surface area contributed by atoms with Gasteiger partial charge < -0.3 is 9.80 Å². The summed E-state index contributed by atoms with van der Waals surface area (Å²) in [6, 6.07) is 0. The molecule has 0 amide bonds. The molecule has 0 unspecified atom stereocenters. The van der Waals surface area contributed by atoms with Crippen molar-refractivity contribution < 1.29 is 0 Å². The Balaban J connectivity index is 1.99. The average Bonchev–Trinajstić information content (AvgIpc) is 2.71. The van der Waals surface area contributed by atoms with Crippen molar-refractivity contribution in [3.63, 3.8) is 0 Å². The van der Waals surface area contributed by atoms with Crippen LogP contribution in [0.15, 0.2) is 6.20 Å². The number of aromatic amines is 1. The summed E-state index contributed by atoms with van der Waals surface area (Å²) < 4.78 is 0.